The third-order valence-corrected chi connectivity index (χ3v) is 3.36. The van der Waals surface area contributed by atoms with Crippen molar-refractivity contribution < 1.29 is 14.3 Å². The van der Waals surface area contributed by atoms with E-state index in [1.165, 1.54) is 19.3 Å². The first-order valence-electron chi connectivity index (χ1n) is 6.85. The highest BCUT2D eigenvalue weighted by molar-refractivity contribution is 6.22. The SMILES string of the molecule is COc1cc(N)c(C)cc1N=C1C=C(NC(N)=O)C(=O)C=C1C. The van der Waals surface area contributed by atoms with Crippen LogP contribution in [0.3, 0.4) is 0 Å². The molecule has 1 aromatic rings. The number of primary amides is 1. The second-order valence-electron chi connectivity index (χ2n) is 5.12. The van der Waals surface area contributed by atoms with E-state index in [0.717, 1.165) is 5.56 Å². The van der Waals surface area contributed by atoms with Gasteiger partial charge >= 0.3 is 6.03 Å². The molecule has 5 N–H and O–H groups in total. The van der Waals surface area contributed by atoms with E-state index < -0.39 is 6.03 Å². The quantitative estimate of drug-likeness (QED) is 0.581. The number of nitrogens with one attached hydrogen (secondary N) is 1. The first-order chi connectivity index (χ1) is 10.8. The van der Waals surface area contributed by atoms with E-state index in [-0.39, 0.29) is 11.5 Å². The zero-order valence-electron chi connectivity index (χ0n) is 13.1. The van der Waals surface area contributed by atoms with Crippen molar-refractivity contribution in [3.63, 3.8) is 0 Å². The number of hydrogen-bond acceptors (Lipinski definition) is 5. The number of ether oxygens (including phenoxy) is 1. The minimum atomic E-state index is -0.808. The van der Waals surface area contributed by atoms with Crippen LogP contribution >= 0.6 is 0 Å². The van der Waals surface area contributed by atoms with E-state index in [1.54, 1.807) is 19.1 Å². The number of carbonyl (C=O) groups excluding carboxylic acids is 2. The second-order valence-corrected chi connectivity index (χ2v) is 5.12. The number of allylic oxidation sites excluding steroid dienone is 3. The number of methoxy groups -OCH3 is 1. The highest BCUT2D eigenvalue weighted by Crippen LogP contribution is 2.33. The number of anilines is 1. The Morgan fingerprint density at radius 1 is 1.26 bits per heavy atom. The first kappa shape index (κ1) is 16.3. The van der Waals surface area contributed by atoms with Crippen molar-refractivity contribution in [2.24, 2.45) is 10.7 Å². The van der Waals surface area contributed by atoms with E-state index in [2.05, 4.69) is 10.3 Å². The number of benzene rings is 1. The van der Waals surface area contributed by atoms with Gasteiger partial charge in [-0.25, -0.2) is 9.79 Å². The molecule has 1 aliphatic rings. The van der Waals surface area contributed by atoms with Gasteiger partial charge in [0, 0.05) is 11.8 Å². The maximum absolute atomic E-state index is 11.8. The molecular weight excluding hydrogens is 296 g/mol. The predicted octanol–water partition coefficient (Wildman–Crippen LogP) is 1.74. The molecule has 0 spiro atoms. The normalized spacial score (nSPS) is 16.0. The number of aryl methyl sites for hydroxylation is 1. The van der Waals surface area contributed by atoms with Gasteiger partial charge in [-0.3, -0.25) is 4.79 Å². The Hall–Kier alpha value is -3.09. The van der Waals surface area contributed by atoms with Crippen molar-refractivity contribution in [2.45, 2.75) is 13.8 Å². The summed E-state index contributed by atoms with van der Waals surface area (Å²) in [7, 11) is 1.52. The summed E-state index contributed by atoms with van der Waals surface area (Å²) in [6.45, 7) is 3.62. The van der Waals surface area contributed by atoms with E-state index in [0.29, 0.717) is 28.4 Å². The summed E-state index contributed by atoms with van der Waals surface area (Å²) in [6.07, 6.45) is 2.87. The minimum Gasteiger partial charge on any atom is -0.494 e. The molecule has 0 fully saturated rings. The number of ketones is 1. The van der Waals surface area contributed by atoms with Crippen molar-refractivity contribution in [2.75, 3.05) is 12.8 Å². The standard InChI is InChI=1S/C16H18N4O3/c1-8-4-13(15(23-3)6-10(8)17)19-11-7-12(20-16(18)22)14(21)5-9(11)2/h4-7H,17H2,1-3H3,(H3,18,20,22). The molecular formula is C16H18N4O3. The first-order valence-corrected chi connectivity index (χ1v) is 6.85. The second kappa shape index (κ2) is 6.35. The summed E-state index contributed by atoms with van der Waals surface area (Å²) < 4.78 is 5.29. The summed E-state index contributed by atoms with van der Waals surface area (Å²) in [4.78, 5) is 27.3. The zero-order chi connectivity index (χ0) is 17.1. The third-order valence-electron chi connectivity index (χ3n) is 3.36. The Bertz CT molecular complexity index is 776. The molecule has 0 aliphatic heterocycles. The van der Waals surface area contributed by atoms with Crippen LogP contribution in [-0.2, 0) is 4.79 Å². The summed E-state index contributed by atoms with van der Waals surface area (Å²) >= 11 is 0. The number of carbonyl (C=O) groups is 2. The Labute approximate surface area is 133 Å². The molecule has 0 saturated carbocycles. The van der Waals surface area contributed by atoms with Crippen molar-refractivity contribution in [1.29, 1.82) is 0 Å². The van der Waals surface area contributed by atoms with Crippen LogP contribution in [0.5, 0.6) is 5.75 Å². The van der Waals surface area contributed by atoms with Crippen LogP contribution in [0.25, 0.3) is 0 Å². The fourth-order valence-corrected chi connectivity index (χ4v) is 2.09. The lowest BCUT2D eigenvalue weighted by Gasteiger charge is -2.14. The third kappa shape index (κ3) is 3.57. The molecule has 0 saturated heterocycles. The fourth-order valence-electron chi connectivity index (χ4n) is 2.09. The van der Waals surface area contributed by atoms with Gasteiger partial charge in [0.2, 0.25) is 5.78 Å². The van der Waals surface area contributed by atoms with Crippen molar-refractivity contribution >= 4 is 28.9 Å². The maximum Gasteiger partial charge on any atom is 0.316 e. The average molecular weight is 314 g/mol. The summed E-state index contributed by atoms with van der Waals surface area (Å²) in [5.74, 6) is 0.184. The number of nitrogen functional groups attached to an aromatic ring is 1. The number of nitrogens with zero attached hydrogens (tertiary/aromatic N) is 1. The molecule has 0 unspecified atom stereocenters. The Morgan fingerprint density at radius 3 is 2.57 bits per heavy atom. The maximum atomic E-state index is 11.8. The topological polar surface area (TPSA) is 120 Å². The van der Waals surface area contributed by atoms with Gasteiger partial charge in [0.1, 0.15) is 11.4 Å². The van der Waals surface area contributed by atoms with Crippen LogP contribution in [0.2, 0.25) is 0 Å². The largest absolute Gasteiger partial charge is 0.494 e. The van der Waals surface area contributed by atoms with Gasteiger partial charge in [0.25, 0.3) is 0 Å². The number of urea groups is 1. The smallest absolute Gasteiger partial charge is 0.316 e. The lowest BCUT2D eigenvalue weighted by Crippen LogP contribution is -2.33. The number of rotatable bonds is 3. The van der Waals surface area contributed by atoms with Crippen LogP contribution in [0.4, 0.5) is 16.2 Å². The lowest BCUT2D eigenvalue weighted by molar-refractivity contribution is -0.111. The van der Waals surface area contributed by atoms with E-state index in [9.17, 15) is 9.59 Å². The molecule has 0 atom stereocenters. The molecule has 23 heavy (non-hydrogen) atoms. The molecule has 1 aliphatic carbocycles. The van der Waals surface area contributed by atoms with Gasteiger partial charge in [-0.2, -0.15) is 0 Å². The van der Waals surface area contributed by atoms with E-state index in [1.807, 2.05) is 6.92 Å². The van der Waals surface area contributed by atoms with Gasteiger partial charge in [-0.1, -0.05) is 0 Å². The molecule has 120 valence electrons. The molecule has 7 heteroatoms. The molecule has 7 nitrogen and oxygen atoms in total. The Morgan fingerprint density at radius 2 is 1.96 bits per heavy atom. The number of amides is 2. The van der Waals surface area contributed by atoms with Gasteiger partial charge < -0.3 is 21.5 Å². The fraction of sp³-hybridized carbons (Fsp3) is 0.188. The molecule has 0 aromatic heterocycles. The van der Waals surface area contributed by atoms with Crippen LogP contribution < -0.4 is 21.5 Å². The Kier molecular flexibility index (Phi) is 4.49. The van der Waals surface area contributed by atoms with Gasteiger partial charge in [0.05, 0.1) is 18.5 Å². The van der Waals surface area contributed by atoms with E-state index >= 15 is 0 Å². The summed E-state index contributed by atoms with van der Waals surface area (Å²) in [6, 6.07) is 2.67. The van der Waals surface area contributed by atoms with Gasteiger partial charge in [0.15, 0.2) is 0 Å². The minimum absolute atomic E-state index is 0.0768. The number of hydrogen-bond donors (Lipinski definition) is 3. The molecule has 0 radical (unpaired) electrons. The van der Waals surface area contributed by atoms with E-state index in [4.69, 9.17) is 16.2 Å². The predicted molar refractivity (Wildman–Crippen MR) is 88.8 cm³/mol. The zero-order valence-corrected chi connectivity index (χ0v) is 13.1. The van der Waals surface area contributed by atoms with Crippen LogP contribution in [0.15, 0.2) is 40.5 Å². The summed E-state index contributed by atoms with van der Waals surface area (Å²) in [5, 5.41) is 2.29. The highest BCUT2D eigenvalue weighted by Gasteiger charge is 2.18. The van der Waals surface area contributed by atoms with Crippen LogP contribution in [-0.4, -0.2) is 24.6 Å². The average Bonchev–Trinajstić information content (AvgIpc) is 2.47. The molecule has 2 amide bonds. The van der Waals surface area contributed by atoms with Crippen molar-refractivity contribution in [1.82, 2.24) is 5.32 Å². The number of aliphatic imine (C=N–C) groups is 1. The molecule has 0 bridgehead atoms. The van der Waals surface area contributed by atoms with Crippen molar-refractivity contribution in [3.05, 3.63) is 41.1 Å². The Balaban J connectivity index is 2.51. The summed E-state index contributed by atoms with van der Waals surface area (Å²) in [5.41, 5.74) is 14.2. The lowest BCUT2D eigenvalue weighted by atomic mass is 10.0. The molecule has 2 rings (SSSR count). The number of nitrogens with two attached hydrogens (primary N) is 2. The monoisotopic (exact) mass is 314 g/mol. The van der Waals surface area contributed by atoms with Gasteiger partial charge in [-0.15, -0.1) is 0 Å². The van der Waals surface area contributed by atoms with Gasteiger partial charge in [-0.05, 0) is 43.2 Å². The molecule has 1 aromatic carbocycles. The van der Waals surface area contributed by atoms with Crippen LogP contribution in [0.1, 0.15) is 12.5 Å². The van der Waals surface area contributed by atoms with Crippen molar-refractivity contribution in [3.8, 4) is 5.75 Å². The highest BCUT2D eigenvalue weighted by atomic mass is 16.5. The molecule has 0 heterocycles. The van der Waals surface area contributed by atoms with Crippen LogP contribution in [0, 0.1) is 6.92 Å².